The molecule has 2 heteroatoms. The zero-order valence-corrected chi connectivity index (χ0v) is 8.68. The van der Waals surface area contributed by atoms with Crippen LogP contribution in [0.4, 0.5) is 0 Å². The first-order valence-corrected chi connectivity index (χ1v) is 4.33. The SMILES string of the molecule is CC=N/C=C(C)/C=C\C(S)=C/C. The number of nitrogens with zero attached hydrogens (tertiary/aromatic N) is 1. The molecule has 0 atom stereocenters. The van der Waals surface area contributed by atoms with Gasteiger partial charge in [-0.05, 0) is 37.3 Å². The predicted molar refractivity (Wildman–Crippen MR) is 59.8 cm³/mol. The quantitative estimate of drug-likeness (QED) is 0.389. The molecule has 0 fully saturated rings. The summed E-state index contributed by atoms with van der Waals surface area (Å²) in [7, 11) is 0. The largest absolute Gasteiger partial charge is 0.269 e. The maximum atomic E-state index is 4.20. The molecule has 0 spiro atoms. The van der Waals surface area contributed by atoms with Crippen molar-refractivity contribution in [2.45, 2.75) is 20.8 Å². The van der Waals surface area contributed by atoms with Crippen LogP contribution in [0.2, 0.25) is 0 Å². The van der Waals surface area contributed by atoms with Gasteiger partial charge in [0.05, 0.1) is 0 Å². The molecular weight excluding hydrogens is 166 g/mol. The van der Waals surface area contributed by atoms with Crippen LogP contribution in [0.1, 0.15) is 20.8 Å². The number of hydrogen-bond donors (Lipinski definition) is 1. The summed E-state index contributed by atoms with van der Waals surface area (Å²) >= 11 is 4.20. The van der Waals surface area contributed by atoms with Crippen LogP contribution in [0.5, 0.6) is 0 Å². The lowest BCUT2D eigenvalue weighted by molar-refractivity contribution is 1.43. The third-order valence-electron chi connectivity index (χ3n) is 1.24. The Bertz CT molecular complexity index is 234. The van der Waals surface area contributed by atoms with E-state index in [2.05, 4.69) is 17.6 Å². The smallest absolute Gasteiger partial charge is 0.0292 e. The summed E-state index contributed by atoms with van der Waals surface area (Å²) in [5.41, 5.74) is 1.11. The summed E-state index contributed by atoms with van der Waals surface area (Å²) in [5, 5.41) is 0. The summed E-state index contributed by atoms with van der Waals surface area (Å²) in [6.45, 7) is 5.85. The number of thiol groups is 1. The Balaban J connectivity index is 4.16. The molecule has 0 aliphatic heterocycles. The summed E-state index contributed by atoms with van der Waals surface area (Å²) in [6.07, 6.45) is 9.44. The minimum Gasteiger partial charge on any atom is -0.269 e. The summed E-state index contributed by atoms with van der Waals surface area (Å²) < 4.78 is 0. The second kappa shape index (κ2) is 6.92. The lowest BCUT2D eigenvalue weighted by Gasteiger charge is -1.88. The Labute approximate surface area is 80.0 Å². The molecule has 0 aromatic heterocycles. The third kappa shape index (κ3) is 5.98. The van der Waals surface area contributed by atoms with E-state index in [1.807, 2.05) is 45.2 Å². The van der Waals surface area contributed by atoms with Crippen molar-refractivity contribution in [3.05, 3.63) is 34.9 Å². The number of aliphatic imine (C=N–C) groups is 1. The molecule has 0 bridgehead atoms. The monoisotopic (exact) mass is 181 g/mol. The van der Waals surface area contributed by atoms with Crippen molar-refractivity contribution < 1.29 is 0 Å². The van der Waals surface area contributed by atoms with Crippen LogP contribution < -0.4 is 0 Å². The summed E-state index contributed by atoms with van der Waals surface area (Å²) in [4.78, 5) is 4.95. The zero-order valence-electron chi connectivity index (χ0n) is 7.78. The van der Waals surface area contributed by atoms with Crippen molar-refractivity contribution in [3.63, 3.8) is 0 Å². The van der Waals surface area contributed by atoms with Crippen molar-refractivity contribution in [1.29, 1.82) is 0 Å². The molecule has 0 heterocycles. The van der Waals surface area contributed by atoms with Crippen molar-refractivity contribution in [2.24, 2.45) is 4.99 Å². The molecule has 12 heavy (non-hydrogen) atoms. The number of allylic oxidation sites excluding steroid dienone is 4. The van der Waals surface area contributed by atoms with Gasteiger partial charge in [0.2, 0.25) is 0 Å². The summed E-state index contributed by atoms with van der Waals surface area (Å²) in [5.74, 6) is 0. The third-order valence-corrected chi connectivity index (χ3v) is 1.65. The molecule has 0 amide bonds. The highest BCUT2D eigenvalue weighted by molar-refractivity contribution is 7.84. The Morgan fingerprint density at radius 2 is 1.92 bits per heavy atom. The van der Waals surface area contributed by atoms with Gasteiger partial charge in [-0.2, -0.15) is 0 Å². The van der Waals surface area contributed by atoms with Gasteiger partial charge in [0.15, 0.2) is 0 Å². The Hall–Kier alpha value is -0.760. The van der Waals surface area contributed by atoms with Gasteiger partial charge < -0.3 is 0 Å². The van der Waals surface area contributed by atoms with Crippen LogP contribution >= 0.6 is 12.6 Å². The maximum Gasteiger partial charge on any atom is 0.0292 e. The molecule has 66 valence electrons. The molecule has 0 aromatic rings. The van der Waals surface area contributed by atoms with Gasteiger partial charge in [0.1, 0.15) is 0 Å². The highest BCUT2D eigenvalue weighted by atomic mass is 32.1. The zero-order chi connectivity index (χ0) is 9.40. The topological polar surface area (TPSA) is 12.4 Å². The van der Waals surface area contributed by atoms with Crippen LogP contribution in [0.25, 0.3) is 0 Å². The van der Waals surface area contributed by atoms with E-state index in [-0.39, 0.29) is 0 Å². The number of rotatable bonds is 3. The Morgan fingerprint density at radius 1 is 1.25 bits per heavy atom. The first kappa shape index (κ1) is 11.2. The van der Waals surface area contributed by atoms with Crippen molar-refractivity contribution in [1.82, 2.24) is 0 Å². The van der Waals surface area contributed by atoms with Crippen LogP contribution in [-0.2, 0) is 0 Å². The minimum absolute atomic E-state index is 0.961. The fraction of sp³-hybridized carbons (Fsp3) is 0.300. The van der Waals surface area contributed by atoms with Crippen LogP contribution in [0, 0.1) is 0 Å². The minimum atomic E-state index is 0.961. The lowest BCUT2D eigenvalue weighted by Crippen LogP contribution is -1.68. The van der Waals surface area contributed by atoms with E-state index in [0.717, 1.165) is 10.5 Å². The maximum absolute atomic E-state index is 4.20. The molecular formula is C10H15NS. The molecule has 0 aliphatic rings. The van der Waals surface area contributed by atoms with E-state index in [1.165, 1.54) is 0 Å². The van der Waals surface area contributed by atoms with Crippen LogP contribution in [-0.4, -0.2) is 6.21 Å². The molecule has 0 aliphatic carbocycles. The van der Waals surface area contributed by atoms with Crippen LogP contribution in [0.3, 0.4) is 0 Å². The van der Waals surface area contributed by atoms with E-state index in [4.69, 9.17) is 0 Å². The second-order valence-electron chi connectivity index (χ2n) is 2.33. The second-order valence-corrected chi connectivity index (χ2v) is 2.84. The van der Waals surface area contributed by atoms with Gasteiger partial charge in [0.25, 0.3) is 0 Å². The molecule has 0 rings (SSSR count). The van der Waals surface area contributed by atoms with Gasteiger partial charge in [-0.3, -0.25) is 4.99 Å². The van der Waals surface area contributed by atoms with Crippen molar-refractivity contribution >= 4 is 18.8 Å². The highest BCUT2D eigenvalue weighted by Gasteiger charge is 1.80. The highest BCUT2D eigenvalue weighted by Crippen LogP contribution is 2.04. The first-order chi connectivity index (χ1) is 5.70. The Morgan fingerprint density at radius 3 is 2.42 bits per heavy atom. The standard InChI is InChI=1S/C10H15NS/c1-4-10(12)7-6-9(3)8-11-5-2/h4-8,12H,1-3H3/b7-6-,9-8+,10-4+,11-5?. The summed E-state index contributed by atoms with van der Waals surface area (Å²) in [6, 6.07) is 0. The molecule has 0 aromatic carbocycles. The lowest BCUT2D eigenvalue weighted by atomic mass is 10.3. The molecule has 0 saturated carbocycles. The van der Waals surface area contributed by atoms with Gasteiger partial charge >= 0.3 is 0 Å². The molecule has 0 saturated heterocycles. The Kier molecular flexibility index (Phi) is 6.48. The normalized spacial score (nSPS) is 15.0. The van der Waals surface area contributed by atoms with E-state index < -0.39 is 0 Å². The molecule has 1 nitrogen and oxygen atoms in total. The van der Waals surface area contributed by atoms with E-state index in [9.17, 15) is 0 Å². The number of hydrogen-bond acceptors (Lipinski definition) is 2. The van der Waals surface area contributed by atoms with Crippen molar-refractivity contribution in [2.75, 3.05) is 0 Å². The average Bonchev–Trinajstić information content (AvgIpc) is 2.10. The molecule has 0 radical (unpaired) electrons. The van der Waals surface area contributed by atoms with Crippen molar-refractivity contribution in [3.8, 4) is 0 Å². The van der Waals surface area contributed by atoms with Gasteiger partial charge in [0, 0.05) is 12.4 Å². The van der Waals surface area contributed by atoms with Gasteiger partial charge in [-0.25, -0.2) is 0 Å². The van der Waals surface area contributed by atoms with E-state index >= 15 is 0 Å². The molecule has 0 unspecified atom stereocenters. The van der Waals surface area contributed by atoms with Gasteiger partial charge in [-0.1, -0.05) is 12.2 Å². The van der Waals surface area contributed by atoms with Crippen LogP contribution in [0.15, 0.2) is 39.9 Å². The fourth-order valence-corrected chi connectivity index (χ4v) is 0.623. The van der Waals surface area contributed by atoms with Gasteiger partial charge in [-0.15, -0.1) is 12.6 Å². The predicted octanol–water partition coefficient (Wildman–Crippen LogP) is 3.37. The fourth-order valence-electron chi connectivity index (χ4n) is 0.548. The first-order valence-electron chi connectivity index (χ1n) is 3.88. The van der Waals surface area contributed by atoms with E-state index in [1.54, 1.807) is 6.21 Å². The average molecular weight is 181 g/mol. The molecule has 0 N–H and O–H groups in total. The van der Waals surface area contributed by atoms with E-state index in [0.29, 0.717) is 0 Å².